The van der Waals surface area contributed by atoms with Crippen LogP contribution in [-0.4, -0.2) is 22.6 Å². The second-order valence-corrected chi connectivity index (χ2v) is 9.30. The Morgan fingerprint density at radius 3 is 2.70 bits per heavy atom. The molecule has 0 spiro atoms. The number of rotatable bonds is 7. The van der Waals surface area contributed by atoms with Gasteiger partial charge in [-0.1, -0.05) is 36.3 Å². The summed E-state index contributed by atoms with van der Waals surface area (Å²) in [4.78, 5) is 18.5. The van der Waals surface area contributed by atoms with E-state index in [1.54, 1.807) is 23.1 Å². The van der Waals surface area contributed by atoms with Crippen LogP contribution in [0.25, 0.3) is 10.2 Å². The Labute approximate surface area is 183 Å². The first-order valence-electron chi connectivity index (χ1n) is 9.80. The zero-order chi connectivity index (χ0) is 21.1. The van der Waals surface area contributed by atoms with Gasteiger partial charge in [-0.05, 0) is 38.1 Å². The Kier molecular flexibility index (Phi) is 6.20. The van der Waals surface area contributed by atoms with Crippen molar-refractivity contribution in [2.75, 3.05) is 6.54 Å². The van der Waals surface area contributed by atoms with Crippen molar-refractivity contribution in [3.63, 3.8) is 0 Å². The fraction of sp³-hybridized carbons (Fsp3) is 0.261. The molecule has 30 heavy (non-hydrogen) atoms. The fourth-order valence-electron chi connectivity index (χ4n) is 3.17. The molecular formula is C23H23N3O2S2. The van der Waals surface area contributed by atoms with E-state index in [1.807, 2.05) is 56.3 Å². The molecule has 1 atom stereocenters. The quantitative estimate of drug-likeness (QED) is 0.374. The summed E-state index contributed by atoms with van der Waals surface area (Å²) < 4.78 is 6.42. The van der Waals surface area contributed by atoms with Crippen LogP contribution >= 0.6 is 23.1 Å². The summed E-state index contributed by atoms with van der Waals surface area (Å²) in [5.74, 6) is 1.62. The molecule has 7 heteroatoms. The Morgan fingerprint density at radius 2 is 1.93 bits per heavy atom. The first kappa shape index (κ1) is 20.6. The number of benzene rings is 2. The molecular weight excluding hydrogens is 414 g/mol. The molecule has 0 saturated carbocycles. The monoisotopic (exact) mass is 437 g/mol. The van der Waals surface area contributed by atoms with Gasteiger partial charge in [-0.2, -0.15) is 0 Å². The number of thioether (sulfide) groups is 1. The van der Waals surface area contributed by atoms with E-state index in [1.165, 1.54) is 4.70 Å². The Hall–Kier alpha value is -2.64. The molecule has 0 radical (unpaired) electrons. The summed E-state index contributed by atoms with van der Waals surface area (Å²) >= 11 is 3.31. The van der Waals surface area contributed by atoms with Gasteiger partial charge in [0.25, 0.3) is 5.91 Å². The lowest BCUT2D eigenvalue weighted by Gasteiger charge is -2.12. The van der Waals surface area contributed by atoms with Crippen molar-refractivity contribution >= 4 is 39.2 Å². The third-order valence-corrected chi connectivity index (χ3v) is 7.35. The maximum atomic E-state index is 12.9. The highest BCUT2D eigenvalue weighted by molar-refractivity contribution is 7.98. The van der Waals surface area contributed by atoms with Gasteiger partial charge in [0.1, 0.15) is 5.76 Å². The van der Waals surface area contributed by atoms with E-state index >= 15 is 0 Å². The van der Waals surface area contributed by atoms with Crippen LogP contribution < -0.4 is 5.32 Å². The summed E-state index contributed by atoms with van der Waals surface area (Å²) in [5.41, 5.74) is 3.67. The van der Waals surface area contributed by atoms with E-state index in [0.717, 1.165) is 32.4 Å². The fourth-order valence-corrected chi connectivity index (χ4v) is 5.39. The molecule has 2 aromatic carbocycles. The van der Waals surface area contributed by atoms with Gasteiger partial charge < -0.3 is 9.84 Å². The van der Waals surface area contributed by atoms with Gasteiger partial charge in [0, 0.05) is 28.7 Å². The summed E-state index contributed by atoms with van der Waals surface area (Å²) in [5, 5.41) is 8.13. The zero-order valence-electron chi connectivity index (χ0n) is 17.1. The number of hydrogen-bond acceptors (Lipinski definition) is 6. The molecule has 0 aliphatic carbocycles. The molecule has 0 aliphatic heterocycles. The number of para-hydroxylation sites is 1. The minimum absolute atomic E-state index is 0.0650. The number of aryl methyl sites for hydroxylation is 2. The molecule has 0 bridgehead atoms. The smallest absolute Gasteiger partial charge is 0.252 e. The van der Waals surface area contributed by atoms with Gasteiger partial charge in [0.05, 0.1) is 26.5 Å². The van der Waals surface area contributed by atoms with Crippen molar-refractivity contribution in [3.8, 4) is 0 Å². The molecule has 154 valence electrons. The zero-order valence-corrected chi connectivity index (χ0v) is 18.8. The van der Waals surface area contributed by atoms with Gasteiger partial charge >= 0.3 is 0 Å². The maximum Gasteiger partial charge on any atom is 0.252 e. The standard InChI is InChI=1S/C23H23N3O2S2/c1-14(23-25-19-9-5-7-11-21(19)30-23)12-24-22(27)17-8-4-6-10-20(17)29-13-18-15(2)26-28-16(18)3/h4-11,14H,12-13H2,1-3H3,(H,24,27)/t14-/m1/s1. The minimum atomic E-state index is -0.0650. The average molecular weight is 438 g/mol. The first-order valence-corrected chi connectivity index (χ1v) is 11.6. The largest absolute Gasteiger partial charge is 0.361 e. The molecule has 0 fully saturated rings. The Balaban J connectivity index is 1.42. The van der Waals surface area contributed by atoms with Crippen molar-refractivity contribution in [3.05, 3.63) is 76.1 Å². The molecule has 2 aromatic heterocycles. The number of fused-ring (bicyclic) bond motifs is 1. The summed E-state index contributed by atoms with van der Waals surface area (Å²) in [6.45, 7) is 6.49. The normalized spacial score (nSPS) is 12.2. The minimum Gasteiger partial charge on any atom is -0.361 e. The molecule has 0 saturated heterocycles. The maximum absolute atomic E-state index is 12.9. The summed E-state index contributed by atoms with van der Waals surface area (Å²) in [7, 11) is 0. The number of amides is 1. The highest BCUT2D eigenvalue weighted by Gasteiger charge is 2.17. The van der Waals surface area contributed by atoms with Crippen LogP contribution in [0.5, 0.6) is 0 Å². The lowest BCUT2D eigenvalue weighted by molar-refractivity contribution is 0.0948. The van der Waals surface area contributed by atoms with Gasteiger partial charge in [0.2, 0.25) is 0 Å². The van der Waals surface area contributed by atoms with Gasteiger partial charge in [-0.25, -0.2) is 4.98 Å². The molecule has 4 aromatic rings. The number of hydrogen-bond donors (Lipinski definition) is 1. The van der Waals surface area contributed by atoms with Gasteiger partial charge in [-0.15, -0.1) is 23.1 Å². The lowest BCUT2D eigenvalue weighted by Crippen LogP contribution is -2.27. The van der Waals surface area contributed by atoms with Crippen molar-refractivity contribution in [1.29, 1.82) is 0 Å². The van der Waals surface area contributed by atoms with Crippen LogP contribution in [0.2, 0.25) is 0 Å². The van der Waals surface area contributed by atoms with Gasteiger partial charge in [0.15, 0.2) is 0 Å². The lowest BCUT2D eigenvalue weighted by atomic mass is 10.1. The van der Waals surface area contributed by atoms with Crippen molar-refractivity contribution in [2.45, 2.75) is 37.3 Å². The van der Waals surface area contributed by atoms with E-state index in [4.69, 9.17) is 9.51 Å². The summed E-state index contributed by atoms with van der Waals surface area (Å²) in [6, 6.07) is 15.8. The molecule has 1 N–H and O–H groups in total. The summed E-state index contributed by atoms with van der Waals surface area (Å²) in [6.07, 6.45) is 0. The predicted molar refractivity (Wildman–Crippen MR) is 122 cm³/mol. The number of nitrogens with zero attached hydrogens (tertiary/aromatic N) is 2. The number of nitrogens with one attached hydrogen (secondary N) is 1. The molecule has 0 aliphatic rings. The van der Waals surface area contributed by atoms with E-state index in [-0.39, 0.29) is 11.8 Å². The second-order valence-electron chi connectivity index (χ2n) is 7.22. The van der Waals surface area contributed by atoms with Crippen LogP contribution in [0, 0.1) is 13.8 Å². The Bertz CT molecular complexity index is 1130. The number of carbonyl (C=O) groups excluding carboxylic acids is 1. The third-order valence-electron chi connectivity index (χ3n) is 4.99. The highest BCUT2D eigenvalue weighted by Crippen LogP contribution is 2.29. The van der Waals surface area contributed by atoms with Gasteiger partial charge in [-0.3, -0.25) is 4.79 Å². The van der Waals surface area contributed by atoms with E-state index in [9.17, 15) is 4.79 Å². The predicted octanol–water partition coefficient (Wildman–Crippen LogP) is 5.73. The molecule has 5 nitrogen and oxygen atoms in total. The van der Waals surface area contributed by atoms with Crippen molar-refractivity contribution in [1.82, 2.24) is 15.5 Å². The Morgan fingerprint density at radius 1 is 1.17 bits per heavy atom. The van der Waals surface area contributed by atoms with Crippen LogP contribution in [0.3, 0.4) is 0 Å². The van der Waals surface area contributed by atoms with E-state index in [2.05, 4.69) is 23.5 Å². The third kappa shape index (κ3) is 4.42. The highest BCUT2D eigenvalue weighted by atomic mass is 32.2. The molecule has 1 amide bonds. The number of carbonyl (C=O) groups is 1. The molecule has 2 heterocycles. The SMILES string of the molecule is Cc1noc(C)c1CSc1ccccc1C(=O)NC[C@@H](C)c1nc2ccccc2s1. The number of thiazole rings is 1. The van der Waals surface area contributed by atoms with E-state index < -0.39 is 0 Å². The van der Waals surface area contributed by atoms with Crippen LogP contribution in [0.4, 0.5) is 0 Å². The van der Waals surface area contributed by atoms with Crippen LogP contribution in [-0.2, 0) is 5.75 Å². The van der Waals surface area contributed by atoms with E-state index in [0.29, 0.717) is 17.9 Å². The van der Waals surface area contributed by atoms with Crippen LogP contribution in [0.15, 0.2) is 57.9 Å². The van der Waals surface area contributed by atoms with Crippen LogP contribution in [0.1, 0.15) is 45.2 Å². The number of aromatic nitrogens is 2. The second kappa shape index (κ2) is 9.02. The molecule has 4 rings (SSSR count). The van der Waals surface area contributed by atoms with Crippen molar-refractivity contribution in [2.24, 2.45) is 0 Å². The first-order chi connectivity index (χ1) is 14.5. The average Bonchev–Trinajstić information content (AvgIpc) is 3.33. The van der Waals surface area contributed by atoms with Crippen molar-refractivity contribution < 1.29 is 9.32 Å². The topological polar surface area (TPSA) is 68.0 Å². The molecule has 0 unspecified atom stereocenters.